The van der Waals surface area contributed by atoms with Gasteiger partial charge in [0.1, 0.15) is 5.82 Å². The van der Waals surface area contributed by atoms with Gasteiger partial charge >= 0.3 is 0 Å². The Morgan fingerprint density at radius 1 is 1.26 bits per heavy atom. The number of nitrogens with one attached hydrogen (secondary N) is 1. The molecule has 1 N–H and O–H groups in total. The highest BCUT2D eigenvalue weighted by Crippen LogP contribution is 2.14. The summed E-state index contributed by atoms with van der Waals surface area (Å²) in [7, 11) is 1.99. The second kappa shape index (κ2) is 8.28. The van der Waals surface area contributed by atoms with Crippen LogP contribution in [0.5, 0.6) is 0 Å². The first kappa shape index (κ1) is 16.1. The van der Waals surface area contributed by atoms with Crippen molar-refractivity contribution in [1.29, 1.82) is 0 Å². The molecule has 1 rings (SSSR count). The lowest BCUT2D eigenvalue weighted by Crippen LogP contribution is -2.34. The van der Waals surface area contributed by atoms with Crippen molar-refractivity contribution in [2.75, 3.05) is 26.7 Å². The first-order valence-electron chi connectivity index (χ1n) is 7.25. The molecule has 1 atom stereocenters. The molecule has 0 aliphatic carbocycles. The number of rotatable bonds is 8. The van der Waals surface area contributed by atoms with E-state index < -0.39 is 0 Å². The fourth-order valence-electron chi connectivity index (χ4n) is 2.35. The summed E-state index contributed by atoms with van der Waals surface area (Å²) in [6.45, 7) is 9.69. The van der Waals surface area contributed by atoms with Crippen LogP contribution in [0.1, 0.15) is 31.4 Å². The normalized spacial score (nSPS) is 12.9. The molecule has 0 amide bonds. The van der Waals surface area contributed by atoms with E-state index in [1.807, 2.05) is 20.0 Å². The lowest BCUT2D eigenvalue weighted by molar-refractivity contribution is 0.283. The molecule has 0 heterocycles. The van der Waals surface area contributed by atoms with Crippen molar-refractivity contribution in [2.24, 2.45) is 0 Å². The number of likely N-dealkylation sites (N-methyl/N-ethyl adjacent to an activating group) is 1. The summed E-state index contributed by atoms with van der Waals surface area (Å²) in [5.74, 6) is -0.140. The summed E-state index contributed by atoms with van der Waals surface area (Å²) < 4.78 is 13.3. The molecular formula is C16H27FN2. The van der Waals surface area contributed by atoms with E-state index in [0.29, 0.717) is 6.04 Å². The Labute approximate surface area is 117 Å². The second-order valence-corrected chi connectivity index (χ2v) is 5.08. The molecule has 1 aromatic carbocycles. The summed E-state index contributed by atoms with van der Waals surface area (Å²) in [6.07, 6.45) is 1.98. The maximum absolute atomic E-state index is 13.3. The molecule has 108 valence electrons. The number of halogens is 1. The van der Waals surface area contributed by atoms with Crippen molar-refractivity contribution in [3.63, 3.8) is 0 Å². The molecule has 1 aromatic rings. The lowest BCUT2D eigenvalue weighted by atomic mass is 9.99. The van der Waals surface area contributed by atoms with E-state index >= 15 is 0 Å². The van der Waals surface area contributed by atoms with Crippen LogP contribution >= 0.6 is 0 Å². The Bertz CT molecular complexity index is 375. The van der Waals surface area contributed by atoms with Crippen LogP contribution in [0.15, 0.2) is 18.2 Å². The predicted molar refractivity (Wildman–Crippen MR) is 80.1 cm³/mol. The van der Waals surface area contributed by atoms with Crippen molar-refractivity contribution in [3.8, 4) is 0 Å². The third-order valence-electron chi connectivity index (χ3n) is 3.87. The van der Waals surface area contributed by atoms with Gasteiger partial charge in [-0.1, -0.05) is 19.9 Å². The van der Waals surface area contributed by atoms with Crippen LogP contribution in [0, 0.1) is 12.7 Å². The van der Waals surface area contributed by atoms with E-state index in [4.69, 9.17) is 0 Å². The molecule has 3 heteroatoms. The Hall–Kier alpha value is -0.930. The summed E-state index contributed by atoms with van der Waals surface area (Å²) >= 11 is 0. The van der Waals surface area contributed by atoms with Gasteiger partial charge in [-0.3, -0.25) is 0 Å². The van der Waals surface area contributed by atoms with Crippen molar-refractivity contribution in [3.05, 3.63) is 35.1 Å². The highest BCUT2D eigenvalue weighted by atomic mass is 19.1. The van der Waals surface area contributed by atoms with Gasteiger partial charge in [0.05, 0.1) is 0 Å². The summed E-state index contributed by atoms with van der Waals surface area (Å²) in [5.41, 5.74) is 2.28. The number of hydrogen-bond acceptors (Lipinski definition) is 2. The molecule has 1 unspecified atom stereocenters. The average molecular weight is 266 g/mol. The third kappa shape index (κ3) is 5.29. The van der Waals surface area contributed by atoms with Gasteiger partial charge in [-0.2, -0.15) is 0 Å². The minimum atomic E-state index is -0.140. The predicted octanol–water partition coefficient (Wildman–Crippen LogP) is 3.00. The van der Waals surface area contributed by atoms with E-state index in [0.717, 1.165) is 38.0 Å². The monoisotopic (exact) mass is 266 g/mol. The van der Waals surface area contributed by atoms with Crippen LogP contribution in [0.3, 0.4) is 0 Å². The Balaban J connectivity index is 2.58. The lowest BCUT2D eigenvalue weighted by Gasteiger charge is -2.23. The summed E-state index contributed by atoms with van der Waals surface area (Å²) in [4.78, 5) is 2.42. The zero-order chi connectivity index (χ0) is 14.3. The smallest absolute Gasteiger partial charge is 0.123 e. The molecule has 0 fully saturated rings. The number of aryl methyl sites for hydroxylation is 1. The summed E-state index contributed by atoms with van der Waals surface area (Å²) in [6, 6.07) is 5.46. The molecule has 0 aliphatic heterocycles. The van der Waals surface area contributed by atoms with E-state index in [1.165, 1.54) is 11.6 Å². The maximum atomic E-state index is 13.3. The maximum Gasteiger partial charge on any atom is 0.123 e. The molecule has 0 radical (unpaired) electrons. The molecule has 0 aromatic heterocycles. The van der Waals surface area contributed by atoms with Crippen LogP contribution in [0.4, 0.5) is 4.39 Å². The van der Waals surface area contributed by atoms with Gasteiger partial charge in [0.25, 0.3) is 0 Å². The number of hydrogen-bond donors (Lipinski definition) is 1. The zero-order valence-electron chi connectivity index (χ0n) is 12.7. The van der Waals surface area contributed by atoms with Crippen LogP contribution in [-0.4, -0.2) is 37.6 Å². The molecule has 0 spiro atoms. The van der Waals surface area contributed by atoms with Crippen molar-refractivity contribution in [2.45, 2.75) is 39.7 Å². The molecule has 0 aliphatic rings. The fourth-order valence-corrected chi connectivity index (χ4v) is 2.35. The van der Waals surface area contributed by atoms with Gasteiger partial charge in [0.15, 0.2) is 0 Å². The first-order valence-corrected chi connectivity index (χ1v) is 7.25. The van der Waals surface area contributed by atoms with Gasteiger partial charge in [-0.25, -0.2) is 4.39 Å². The van der Waals surface area contributed by atoms with Crippen LogP contribution in [0.25, 0.3) is 0 Å². The first-order chi connectivity index (χ1) is 9.10. The minimum absolute atomic E-state index is 0.140. The molecule has 19 heavy (non-hydrogen) atoms. The average Bonchev–Trinajstić information content (AvgIpc) is 2.42. The standard InChI is InChI=1S/C16H27FN2/c1-5-19(6-2)10-9-16(18-4)12-14-11-15(17)8-7-13(14)3/h7-8,11,16,18H,5-6,9-10,12H2,1-4H3. The van der Waals surface area contributed by atoms with E-state index in [-0.39, 0.29) is 5.82 Å². The Morgan fingerprint density at radius 3 is 2.53 bits per heavy atom. The van der Waals surface area contributed by atoms with Crippen molar-refractivity contribution < 1.29 is 4.39 Å². The quantitative estimate of drug-likeness (QED) is 0.778. The fraction of sp³-hybridized carbons (Fsp3) is 0.625. The van der Waals surface area contributed by atoms with E-state index in [9.17, 15) is 4.39 Å². The number of benzene rings is 1. The van der Waals surface area contributed by atoms with Crippen molar-refractivity contribution >= 4 is 0 Å². The zero-order valence-corrected chi connectivity index (χ0v) is 12.7. The van der Waals surface area contributed by atoms with Crippen molar-refractivity contribution in [1.82, 2.24) is 10.2 Å². The van der Waals surface area contributed by atoms with Gasteiger partial charge in [-0.05, 0) is 69.7 Å². The van der Waals surface area contributed by atoms with Gasteiger partial charge in [-0.15, -0.1) is 0 Å². The van der Waals surface area contributed by atoms with Crippen LogP contribution in [-0.2, 0) is 6.42 Å². The van der Waals surface area contributed by atoms with E-state index in [2.05, 4.69) is 24.1 Å². The molecule has 2 nitrogen and oxygen atoms in total. The van der Waals surface area contributed by atoms with Gasteiger partial charge < -0.3 is 10.2 Å². The Kier molecular flexibility index (Phi) is 7.03. The topological polar surface area (TPSA) is 15.3 Å². The Morgan fingerprint density at radius 2 is 1.95 bits per heavy atom. The highest BCUT2D eigenvalue weighted by molar-refractivity contribution is 5.27. The van der Waals surface area contributed by atoms with E-state index in [1.54, 1.807) is 6.07 Å². The third-order valence-corrected chi connectivity index (χ3v) is 3.87. The largest absolute Gasteiger partial charge is 0.317 e. The molecule has 0 saturated heterocycles. The second-order valence-electron chi connectivity index (χ2n) is 5.08. The SMILES string of the molecule is CCN(CC)CCC(Cc1cc(F)ccc1C)NC. The number of nitrogens with zero attached hydrogens (tertiary/aromatic N) is 1. The molecule has 0 bridgehead atoms. The molecular weight excluding hydrogens is 239 g/mol. The minimum Gasteiger partial charge on any atom is -0.317 e. The van der Waals surface area contributed by atoms with Gasteiger partial charge in [0, 0.05) is 6.04 Å². The highest BCUT2D eigenvalue weighted by Gasteiger charge is 2.11. The van der Waals surface area contributed by atoms with Gasteiger partial charge in [0.2, 0.25) is 0 Å². The van der Waals surface area contributed by atoms with Crippen LogP contribution < -0.4 is 5.32 Å². The molecule has 0 saturated carbocycles. The summed E-state index contributed by atoms with van der Waals surface area (Å²) in [5, 5.41) is 3.35. The van der Waals surface area contributed by atoms with Crippen LogP contribution in [0.2, 0.25) is 0 Å².